The van der Waals surface area contributed by atoms with Gasteiger partial charge < -0.3 is 4.74 Å². The lowest BCUT2D eigenvalue weighted by atomic mass is 10.9. The van der Waals surface area contributed by atoms with E-state index < -0.39 is 0 Å². The van der Waals surface area contributed by atoms with Gasteiger partial charge in [-0.15, -0.1) is 0 Å². The van der Waals surface area contributed by atoms with Gasteiger partial charge in [0.05, 0.1) is 6.73 Å². The maximum atomic E-state index is 4.87. The molecule has 1 N–H and O–H groups in total. The minimum Gasteiger partial charge on any atom is -0.367 e. The van der Waals surface area contributed by atoms with Crippen molar-refractivity contribution in [3.63, 3.8) is 0 Å². The first kappa shape index (κ1) is 16.5. The van der Waals surface area contributed by atoms with E-state index in [1.165, 1.54) is 0 Å². The number of hydrogen-bond donors (Lipinski definition) is 1. The Balaban J connectivity index is -0.000000105. The van der Waals surface area contributed by atoms with Crippen molar-refractivity contribution in [3.05, 3.63) is 0 Å². The van der Waals surface area contributed by atoms with Crippen molar-refractivity contribution in [2.75, 3.05) is 20.4 Å². The zero-order chi connectivity index (χ0) is 8.83. The fourth-order valence-electron chi connectivity index (χ4n) is 0.204. The van der Waals surface area contributed by atoms with E-state index in [0.717, 1.165) is 6.61 Å². The summed E-state index contributed by atoms with van der Waals surface area (Å²) in [5.74, 6) is 0. The topological polar surface area (TPSA) is 21.3 Å². The summed E-state index contributed by atoms with van der Waals surface area (Å²) in [7, 11) is 1.86. The van der Waals surface area contributed by atoms with Crippen molar-refractivity contribution in [2.45, 2.75) is 34.6 Å². The van der Waals surface area contributed by atoms with E-state index >= 15 is 0 Å². The van der Waals surface area contributed by atoms with Crippen molar-refractivity contribution >= 4 is 0 Å². The molecular weight excluding hydrogens is 126 g/mol. The normalized spacial score (nSPS) is 6.60. The summed E-state index contributed by atoms with van der Waals surface area (Å²) in [5.41, 5.74) is 0. The Labute approximate surface area is 66.0 Å². The van der Waals surface area contributed by atoms with Gasteiger partial charge in [-0.1, -0.05) is 27.7 Å². The van der Waals surface area contributed by atoms with Crippen LogP contribution >= 0.6 is 0 Å². The zero-order valence-corrected chi connectivity index (χ0v) is 8.32. The first-order chi connectivity index (χ1) is 4.91. The molecule has 0 rings (SSSR count). The molecule has 0 aliphatic rings. The number of ether oxygens (including phenoxy) is 1. The Morgan fingerprint density at radius 1 is 1.10 bits per heavy atom. The molecule has 0 radical (unpaired) electrons. The molecular formula is C8H23NO. The number of nitrogens with one attached hydrogen (secondary N) is 1. The van der Waals surface area contributed by atoms with Gasteiger partial charge in [0.15, 0.2) is 0 Å². The molecule has 2 nitrogen and oxygen atoms in total. The summed E-state index contributed by atoms with van der Waals surface area (Å²) >= 11 is 0. The summed E-state index contributed by atoms with van der Waals surface area (Å²) in [6.07, 6.45) is 0. The second-order valence-electron chi connectivity index (χ2n) is 0.991. The minimum absolute atomic E-state index is 0.663. The van der Waals surface area contributed by atoms with Gasteiger partial charge in [0.1, 0.15) is 0 Å². The molecule has 0 spiro atoms. The van der Waals surface area contributed by atoms with Crippen molar-refractivity contribution in [1.82, 2.24) is 5.32 Å². The third kappa shape index (κ3) is 44.5. The Morgan fingerprint density at radius 3 is 1.60 bits per heavy atom. The molecule has 0 atom stereocenters. The summed E-state index contributed by atoms with van der Waals surface area (Å²) < 4.78 is 4.87. The highest BCUT2D eigenvalue weighted by Crippen LogP contribution is 1.61. The van der Waals surface area contributed by atoms with Crippen LogP contribution in [0.2, 0.25) is 0 Å². The molecule has 2 heteroatoms. The van der Waals surface area contributed by atoms with Crippen LogP contribution in [0.3, 0.4) is 0 Å². The van der Waals surface area contributed by atoms with E-state index in [-0.39, 0.29) is 0 Å². The predicted octanol–water partition coefficient (Wildman–Crippen LogP) is 2.25. The van der Waals surface area contributed by atoms with Crippen LogP contribution in [0.25, 0.3) is 0 Å². The van der Waals surface area contributed by atoms with Gasteiger partial charge >= 0.3 is 0 Å². The summed E-state index contributed by atoms with van der Waals surface area (Å²) in [5, 5.41) is 2.85. The van der Waals surface area contributed by atoms with Gasteiger partial charge in [-0.2, -0.15) is 0 Å². The van der Waals surface area contributed by atoms with E-state index in [1.54, 1.807) is 0 Å². The van der Waals surface area contributed by atoms with Gasteiger partial charge in [-0.05, 0) is 14.0 Å². The third-order valence-electron chi connectivity index (χ3n) is 0.451. The lowest BCUT2D eigenvalue weighted by Gasteiger charge is -1.93. The maximum absolute atomic E-state index is 4.87. The minimum atomic E-state index is 0.663. The molecule has 0 bridgehead atoms. The molecule has 0 fully saturated rings. The van der Waals surface area contributed by atoms with E-state index in [1.807, 2.05) is 41.7 Å². The Hall–Kier alpha value is -0.0800. The maximum Gasteiger partial charge on any atom is 0.0962 e. The average Bonchev–Trinajstić information content (AvgIpc) is 2.08. The van der Waals surface area contributed by atoms with Crippen LogP contribution in [0.4, 0.5) is 0 Å². The third-order valence-corrected chi connectivity index (χ3v) is 0.451. The quantitative estimate of drug-likeness (QED) is 0.491. The fourth-order valence-corrected chi connectivity index (χ4v) is 0.204. The molecule has 0 aromatic heterocycles. The van der Waals surface area contributed by atoms with Crippen LogP contribution in [-0.4, -0.2) is 20.4 Å². The highest BCUT2D eigenvalue weighted by atomic mass is 16.5. The van der Waals surface area contributed by atoms with E-state index in [2.05, 4.69) is 5.32 Å². The van der Waals surface area contributed by atoms with Crippen LogP contribution in [0, 0.1) is 0 Å². The molecule has 0 aliphatic heterocycles. The van der Waals surface area contributed by atoms with E-state index in [4.69, 9.17) is 4.74 Å². The van der Waals surface area contributed by atoms with Crippen LogP contribution in [-0.2, 0) is 4.74 Å². The zero-order valence-electron chi connectivity index (χ0n) is 8.32. The first-order valence-electron chi connectivity index (χ1n) is 4.14. The average molecular weight is 149 g/mol. The number of rotatable bonds is 3. The van der Waals surface area contributed by atoms with Crippen LogP contribution in [0.15, 0.2) is 0 Å². The van der Waals surface area contributed by atoms with Crippen LogP contribution in [0.1, 0.15) is 34.6 Å². The van der Waals surface area contributed by atoms with Gasteiger partial charge in [0.2, 0.25) is 0 Å². The van der Waals surface area contributed by atoms with Crippen LogP contribution in [0.5, 0.6) is 0 Å². The van der Waals surface area contributed by atoms with Gasteiger partial charge in [-0.25, -0.2) is 0 Å². The van der Waals surface area contributed by atoms with Crippen molar-refractivity contribution in [1.29, 1.82) is 0 Å². The summed E-state index contributed by atoms with van der Waals surface area (Å²) in [6.45, 7) is 11.4. The fraction of sp³-hybridized carbons (Fsp3) is 1.00. The molecule has 0 heterocycles. The SMILES string of the molecule is CC.CC.CCOCNC. The predicted molar refractivity (Wildman–Crippen MR) is 48.2 cm³/mol. The van der Waals surface area contributed by atoms with Crippen molar-refractivity contribution in [2.24, 2.45) is 0 Å². The molecule has 0 unspecified atom stereocenters. The number of hydrogen-bond acceptors (Lipinski definition) is 2. The molecule has 0 aromatic rings. The molecule has 10 heavy (non-hydrogen) atoms. The summed E-state index contributed by atoms with van der Waals surface area (Å²) in [4.78, 5) is 0. The molecule has 0 amide bonds. The Morgan fingerprint density at radius 2 is 1.50 bits per heavy atom. The second-order valence-corrected chi connectivity index (χ2v) is 0.991. The highest BCUT2D eigenvalue weighted by molar-refractivity contribution is 4.14. The van der Waals surface area contributed by atoms with Crippen molar-refractivity contribution < 1.29 is 4.74 Å². The first-order valence-corrected chi connectivity index (χ1v) is 4.14. The van der Waals surface area contributed by atoms with E-state index in [9.17, 15) is 0 Å². The van der Waals surface area contributed by atoms with Crippen molar-refractivity contribution in [3.8, 4) is 0 Å². The molecule has 0 aromatic carbocycles. The monoisotopic (exact) mass is 149 g/mol. The van der Waals surface area contributed by atoms with Crippen LogP contribution < -0.4 is 5.32 Å². The molecule has 0 saturated heterocycles. The van der Waals surface area contributed by atoms with Gasteiger partial charge in [0.25, 0.3) is 0 Å². The smallest absolute Gasteiger partial charge is 0.0962 e. The van der Waals surface area contributed by atoms with Gasteiger partial charge in [0, 0.05) is 6.61 Å². The van der Waals surface area contributed by atoms with Gasteiger partial charge in [-0.3, -0.25) is 5.32 Å². The molecule has 0 aliphatic carbocycles. The summed E-state index contributed by atoms with van der Waals surface area (Å²) in [6, 6.07) is 0. The molecule has 66 valence electrons. The standard InChI is InChI=1S/C4H11NO.2C2H6/c1-3-6-4-5-2;2*1-2/h5H,3-4H2,1-2H3;2*1-2H3. The van der Waals surface area contributed by atoms with E-state index in [0.29, 0.717) is 6.73 Å². The highest BCUT2D eigenvalue weighted by Gasteiger charge is 1.70. The molecule has 0 saturated carbocycles. The largest absolute Gasteiger partial charge is 0.367 e. The Kier molecular flexibility index (Phi) is 60.0. The lowest BCUT2D eigenvalue weighted by Crippen LogP contribution is -2.10. The lowest BCUT2D eigenvalue weighted by molar-refractivity contribution is 0.134. The Bertz CT molecular complexity index is 21.2. The second kappa shape index (κ2) is 36.4.